The largest absolute Gasteiger partial charge is 0.454 e. The van der Waals surface area contributed by atoms with E-state index in [4.69, 9.17) is 9.47 Å². The highest BCUT2D eigenvalue weighted by molar-refractivity contribution is 5.79. The minimum Gasteiger partial charge on any atom is -0.454 e. The van der Waals surface area contributed by atoms with Gasteiger partial charge in [-0.15, -0.1) is 0 Å². The van der Waals surface area contributed by atoms with E-state index in [1.54, 1.807) is 13.1 Å². The van der Waals surface area contributed by atoms with Crippen molar-refractivity contribution in [2.75, 3.05) is 27.4 Å². The third-order valence-electron chi connectivity index (χ3n) is 4.02. The maximum Gasteiger partial charge on any atom is 0.231 e. The first-order valence-corrected chi connectivity index (χ1v) is 8.20. The van der Waals surface area contributed by atoms with Crippen molar-refractivity contribution in [3.05, 3.63) is 59.4 Å². The first kappa shape index (κ1) is 17.1. The molecule has 1 aliphatic rings. The smallest absolute Gasteiger partial charge is 0.231 e. The molecule has 0 unspecified atom stereocenters. The Bertz CT molecular complexity index is 764. The Morgan fingerprint density at radius 3 is 2.80 bits per heavy atom. The van der Waals surface area contributed by atoms with Crippen LogP contribution in [-0.4, -0.2) is 38.3 Å². The third kappa shape index (κ3) is 4.41. The van der Waals surface area contributed by atoms with Gasteiger partial charge < -0.3 is 19.7 Å². The van der Waals surface area contributed by atoms with Gasteiger partial charge in [-0.25, -0.2) is 4.39 Å². The molecule has 0 fully saturated rings. The monoisotopic (exact) mass is 343 g/mol. The van der Waals surface area contributed by atoms with Crippen molar-refractivity contribution in [1.29, 1.82) is 0 Å². The number of nitrogens with one attached hydrogen (secondary N) is 1. The lowest BCUT2D eigenvalue weighted by Crippen LogP contribution is -2.39. The topological polar surface area (TPSA) is 46.1 Å². The Morgan fingerprint density at radius 1 is 1.16 bits per heavy atom. The Balaban J connectivity index is 1.52. The molecule has 0 atom stereocenters. The lowest BCUT2D eigenvalue weighted by molar-refractivity contribution is 0.174. The Kier molecular flexibility index (Phi) is 5.38. The Hall–Kier alpha value is -2.76. The van der Waals surface area contributed by atoms with E-state index in [9.17, 15) is 4.39 Å². The van der Waals surface area contributed by atoms with Crippen LogP contribution in [0.15, 0.2) is 47.5 Å². The van der Waals surface area contributed by atoms with Gasteiger partial charge in [-0.3, -0.25) is 4.99 Å². The second-order valence-electron chi connectivity index (χ2n) is 5.90. The van der Waals surface area contributed by atoms with Crippen molar-refractivity contribution >= 4 is 5.96 Å². The van der Waals surface area contributed by atoms with Gasteiger partial charge in [0.15, 0.2) is 17.5 Å². The van der Waals surface area contributed by atoms with Crippen molar-refractivity contribution in [3.8, 4) is 11.5 Å². The fraction of sp³-hybridized carbons (Fsp3) is 0.316. The fourth-order valence-corrected chi connectivity index (χ4v) is 2.78. The van der Waals surface area contributed by atoms with Crippen LogP contribution >= 0.6 is 0 Å². The van der Waals surface area contributed by atoms with E-state index in [0.717, 1.165) is 36.0 Å². The highest BCUT2D eigenvalue weighted by Gasteiger charge is 2.13. The molecule has 0 radical (unpaired) electrons. The van der Waals surface area contributed by atoms with Crippen molar-refractivity contribution < 1.29 is 13.9 Å². The number of halogens is 1. The summed E-state index contributed by atoms with van der Waals surface area (Å²) in [7, 11) is 3.67. The van der Waals surface area contributed by atoms with Crippen LogP contribution in [-0.2, 0) is 13.0 Å². The van der Waals surface area contributed by atoms with Gasteiger partial charge in [0.05, 0.1) is 0 Å². The predicted molar refractivity (Wildman–Crippen MR) is 95.5 cm³/mol. The first-order chi connectivity index (χ1) is 12.2. The third-order valence-corrected chi connectivity index (χ3v) is 4.02. The molecular formula is C19H22FN3O2. The van der Waals surface area contributed by atoms with Crippen molar-refractivity contribution in [3.63, 3.8) is 0 Å². The van der Waals surface area contributed by atoms with Gasteiger partial charge in [0.25, 0.3) is 0 Å². The van der Waals surface area contributed by atoms with Gasteiger partial charge in [-0.2, -0.15) is 0 Å². The average Bonchev–Trinajstić information content (AvgIpc) is 3.06. The molecule has 2 aromatic rings. The van der Waals surface area contributed by atoms with Gasteiger partial charge in [0.1, 0.15) is 5.82 Å². The molecule has 1 aliphatic heterocycles. The number of benzene rings is 2. The Morgan fingerprint density at radius 2 is 2.00 bits per heavy atom. The molecule has 25 heavy (non-hydrogen) atoms. The highest BCUT2D eigenvalue weighted by atomic mass is 19.1. The zero-order valence-corrected chi connectivity index (χ0v) is 14.5. The summed E-state index contributed by atoms with van der Waals surface area (Å²) in [5, 5.41) is 3.33. The van der Waals surface area contributed by atoms with Crippen LogP contribution in [0.2, 0.25) is 0 Å². The van der Waals surface area contributed by atoms with Crippen LogP contribution in [0, 0.1) is 5.82 Å². The summed E-state index contributed by atoms with van der Waals surface area (Å²) >= 11 is 0. The van der Waals surface area contributed by atoms with E-state index < -0.39 is 0 Å². The van der Waals surface area contributed by atoms with Crippen LogP contribution in [0.1, 0.15) is 11.1 Å². The molecule has 5 nitrogen and oxygen atoms in total. The molecule has 0 aromatic heterocycles. The van der Waals surface area contributed by atoms with Gasteiger partial charge in [0.2, 0.25) is 6.79 Å². The highest BCUT2D eigenvalue weighted by Crippen LogP contribution is 2.32. The van der Waals surface area contributed by atoms with Crippen LogP contribution in [0.4, 0.5) is 4.39 Å². The minimum absolute atomic E-state index is 0.225. The number of aliphatic imine (C=N–C) groups is 1. The van der Waals surface area contributed by atoms with Gasteiger partial charge in [-0.1, -0.05) is 18.2 Å². The molecule has 0 aliphatic carbocycles. The van der Waals surface area contributed by atoms with Crippen LogP contribution < -0.4 is 14.8 Å². The fourth-order valence-electron chi connectivity index (χ4n) is 2.78. The molecule has 2 aromatic carbocycles. The molecular weight excluding hydrogens is 321 g/mol. The van der Waals surface area contributed by atoms with E-state index in [-0.39, 0.29) is 12.6 Å². The molecule has 1 heterocycles. The number of hydrogen-bond acceptors (Lipinski definition) is 3. The number of hydrogen-bond donors (Lipinski definition) is 1. The first-order valence-electron chi connectivity index (χ1n) is 8.20. The minimum atomic E-state index is -0.225. The molecule has 0 amide bonds. The van der Waals surface area contributed by atoms with E-state index in [1.165, 1.54) is 17.7 Å². The van der Waals surface area contributed by atoms with E-state index in [0.29, 0.717) is 6.54 Å². The maximum absolute atomic E-state index is 13.3. The molecule has 3 rings (SSSR count). The number of nitrogens with zero attached hydrogens (tertiary/aromatic N) is 2. The normalized spacial score (nSPS) is 13.0. The molecule has 0 spiro atoms. The van der Waals surface area contributed by atoms with E-state index in [1.807, 2.05) is 36.2 Å². The molecule has 132 valence electrons. The molecule has 0 saturated heterocycles. The van der Waals surface area contributed by atoms with Crippen molar-refractivity contribution in [2.24, 2.45) is 4.99 Å². The molecule has 6 heteroatoms. The second kappa shape index (κ2) is 7.88. The zero-order valence-electron chi connectivity index (χ0n) is 14.5. The van der Waals surface area contributed by atoms with Gasteiger partial charge in [-0.05, 0) is 41.8 Å². The summed E-state index contributed by atoms with van der Waals surface area (Å²) in [4.78, 5) is 6.26. The molecule has 0 saturated carbocycles. The summed E-state index contributed by atoms with van der Waals surface area (Å²) < 4.78 is 24.0. The van der Waals surface area contributed by atoms with Crippen LogP contribution in [0.3, 0.4) is 0 Å². The molecule has 0 bridgehead atoms. The summed E-state index contributed by atoms with van der Waals surface area (Å²) in [5.41, 5.74) is 2.07. The van der Waals surface area contributed by atoms with Gasteiger partial charge >= 0.3 is 0 Å². The quantitative estimate of drug-likeness (QED) is 0.670. The molecule has 1 N–H and O–H groups in total. The van der Waals surface area contributed by atoms with E-state index >= 15 is 0 Å². The van der Waals surface area contributed by atoms with Gasteiger partial charge in [0, 0.05) is 27.2 Å². The van der Waals surface area contributed by atoms with Crippen LogP contribution in [0.25, 0.3) is 0 Å². The summed E-state index contributed by atoms with van der Waals surface area (Å²) in [5.74, 6) is 2.13. The number of rotatable bonds is 5. The average molecular weight is 343 g/mol. The SMILES string of the molecule is CN=C(NCCc1ccc2c(c1)OCO2)N(C)Cc1cccc(F)c1. The standard InChI is InChI=1S/C19H22FN3O2/c1-21-19(23(2)12-15-4-3-5-16(20)10-15)22-9-8-14-6-7-17-18(11-14)25-13-24-17/h3-7,10-11H,8-9,12-13H2,1-2H3,(H,21,22). The lowest BCUT2D eigenvalue weighted by Gasteiger charge is -2.22. The summed E-state index contributed by atoms with van der Waals surface area (Å²) in [6, 6.07) is 12.6. The second-order valence-corrected chi connectivity index (χ2v) is 5.90. The summed E-state index contributed by atoms with van der Waals surface area (Å²) in [6.45, 7) is 1.61. The Labute approximate surface area is 147 Å². The predicted octanol–water partition coefficient (Wildman–Crippen LogP) is 2.80. The maximum atomic E-state index is 13.3. The lowest BCUT2D eigenvalue weighted by atomic mass is 10.1. The van der Waals surface area contributed by atoms with Crippen LogP contribution in [0.5, 0.6) is 11.5 Å². The summed E-state index contributed by atoms with van der Waals surface area (Å²) in [6.07, 6.45) is 0.837. The van der Waals surface area contributed by atoms with Crippen molar-refractivity contribution in [1.82, 2.24) is 10.2 Å². The van der Waals surface area contributed by atoms with Crippen molar-refractivity contribution in [2.45, 2.75) is 13.0 Å². The van der Waals surface area contributed by atoms with E-state index in [2.05, 4.69) is 10.3 Å². The number of guanidine groups is 1. The zero-order chi connectivity index (χ0) is 17.6. The number of ether oxygens (including phenoxy) is 2. The number of fused-ring (bicyclic) bond motifs is 1.